The zero-order valence-corrected chi connectivity index (χ0v) is 20.0. The number of methoxy groups -OCH3 is 1. The number of thiazole rings is 1. The summed E-state index contributed by atoms with van der Waals surface area (Å²) in [4.78, 5) is 29.7. The summed E-state index contributed by atoms with van der Waals surface area (Å²) >= 11 is 1.39. The number of likely N-dealkylation sites (tertiary alicyclic amines) is 1. The van der Waals surface area contributed by atoms with E-state index in [1.54, 1.807) is 19.5 Å². The van der Waals surface area contributed by atoms with E-state index >= 15 is 0 Å². The number of pyridine rings is 1. The first-order valence-electron chi connectivity index (χ1n) is 11.4. The number of ether oxygens (including phenoxy) is 1. The Balaban J connectivity index is 1.37. The van der Waals surface area contributed by atoms with Crippen molar-refractivity contribution in [3.63, 3.8) is 0 Å². The van der Waals surface area contributed by atoms with Gasteiger partial charge in [0.1, 0.15) is 27.4 Å². The number of aryl methyl sites for hydroxylation is 1. The Morgan fingerprint density at radius 1 is 1.21 bits per heavy atom. The molecule has 3 aromatic heterocycles. The van der Waals surface area contributed by atoms with Gasteiger partial charge in [-0.2, -0.15) is 0 Å². The molecule has 1 aromatic carbocycles. The number of nitrogens with zero attached hydrogens (tertiary/aromatic N) is 4. The maximum absolute atomic E-state index is 13.6. The Hall–Kier alpha value is -3.52. The molecular weight excluding hydrogens is 448 g/mol. The molecule has 1 saturated heterocycles. The van der Waals surface area contributed by atoms with Crippen molar-refractivity contribution in [2.24, 2.45) is 0 Å². The van der Waals surface area contributed by atoms with Gasteiger partial charge in [-0.05, 0) is 56.0 Å². The molecule has 4 heterocycles. The van der Waals surface area contributed by atoms with Gasteiger partial charge in [-0.1, -0.05) is 18.2 Å². The third-order valence-electron chi connectivity index (χ3n) is 6.01. The molecule has 1 aliphatic rings. The van der Waals surface area contributed by atoms with Crippen molar-refractivity contribution in [3.05, 3.63) is 82.6 Å². The number of benzene rings is 1. The number of carbonyl (C=O) groups is 1. The summed E-state index contributed by atoms with van der Waals surface area (Å²) in [7, 11) is 1.66. The van der Waals surface area contributed by atoms with Crippen LogP contribution in [0.15, 0.2) is 59.3 Å². The van der Waals surface area contributed by atoms with Crippen LogP contribution in [0.4, 0.5) is 0 Å². The van der Waals surface area contributed by atoms with Gasteiger partial charge in [-0.15, -0.1) is 11.3 Å². The van der Waals surface area contributed by atoms with Crippen LogP contribution < -0.4 is 4.74 Å². The molecule has 0 saturated carbocycles. The minimum absolute atomic E-state index is 0.0190. The smallest absolute Gasteiger partial charge is 0.266 e. The van der Waals surface area contributed by atoms with Gasteiger partial charge in [0.15, 0.2) is 0 Å². The Morgan fingerprint density at radius 3 is 2.94 bits per heavy atom. The van der Waals surface area contributed by atoms with Crippen LogP contribution in [-0.4, -0.2) is 39.4 Å². The summed E-state index contributed by atoms with van der Waals surface area (Å²) in [5, 5.41) is 0.756. The Morgan fingerprint density at radius 2 is 2.12 bits per heavy atom. The first kappa shape index (κ1) is 22.3. The van der Waals surface area contributed by atoms with Crippen LogP contribution in [0, 0.1) is 6.92 Å². The van der Waals surface area contributed by atoms with Gasteiger partial charge in [0, 0.05) is 19.2 Å². The first-order valence-corrected chi connectivity index (χ1v) is 12.2. The van der Waals surface area contributed by atoms with E-state index in [9.17, 15) is 4.79 Å². The fourth-order valence-corrected chi connectivity index (χ4v) is 5.30. The predicted octanol–water partition coefficient (Wildman–Crippen LogP) is 5.47. The highest BCUT2D eigenvalue weighted by atomic mass is 32.1. The molecule has 1 fully saturated rings. The summed E-state index contributed by atoms with van der Waals surface area (Å²) < 4.78 is 11.5. The Labute approximate surface area is 202 Å². The summed E-state index contributed by atoms with van der Waals surface area (Å²) in [5.74, 6) is 2.16. The van der Waals surface area contributed by atoms with Crippen molar-refractivity contribution in [3.8, 4) is 16.5 Å². The number of hydrogen-bond donors (Lipinski definition) is 0. The summed E-state index contributed by atoms with van der Waals surface area (Å²) in [5.41, 5.74) is 2.59. The molecule has 4 aromatic rings. The molecule has 0 unspecified atom stereocenters. The lowest BCUT2D eigenvalue weighted by Crippen LogP contribution is -2.38. The SMILES string of the molecule is COc1cccc(Cc2cnc([C@@H]3CCCCN3C(=O)c3sc(-c4ccccn4)nc3C)o2)c1. The van der Waals surface area contributed by atoms with Crippen LogP contribution in [0.25, 0.3) is 10.7 Å². The van der Waals surface area contributed by atoms with Crippen molar-refractivity contribution in [2.75, 3.05) is 13.7 Å². The minimum atomic E-state index is -0.180. The monoisotopic (exact) mass is 474 g/mol. The van der Waals surface area contributed by atoms with Crippen LogP contribution in [0.3, 0.4) is 0 Å². The largest absolute Gasteiger partial charge is 0.497 e. The van der Waals surface area contributed by atoms with Gasteiger partial charge in [0.05, 0.1) is 24.7 Å². The topological polar surface area (TPSA) is 81.4 Å². The molecule has 8 heteroatoms. The van der Waals surface area contributed by atoms with Crippen molar-refractivity contribution < 1.29 is 13.9 Å². The molecule has 0 aliphatic carbocycles. The van der Waals surface area contributed by atoms with Gasteiger partial charge in [0.2, 0.25) is 5.89 Å². The van der Waals surface area contributed by atoms with Crippen LogP contribution >= 0.6 is 11.3 Å². The van der Waals surface area contributed by atoms with E-state index in [4.69, 9.17) is 9.15 Å². The molecule has 1 amide bonds. The molecule has 0 radical (unpaired) electrons. The number of aromatic nitrogens is 3. The average molecular weight is 475 g/mol. The normalized spacial score (nSPS) is 15.9. The number of carbonyl (C=O) groups excluding carboxylic acids is 1. The second-order valence-corrected chi connectivity index (χ2v) is 9.35. The number of hydrogen-bond acceptors (Lipinski definition) is 7. The van der Waals surface area contributed by atoms with Crippen LogP contribution in [0.5, 0.6) is 5.75 Å². The van der Waals surface area contributed by atoms with E-state index in [1.165, 1.54) is 11.3 Å². The van der Waals surface area contributed by atoms with Gasteiger partial charge < -0.3 is 14.1 Å². The molecule has 0 N–H and O–H groups in total. The first-order chi connectivity index (χ1) is 16.6. The number of piperidine rings is 1. The van der Waals surface area contributed by atoms with Crippen LogP contribution in [0.1, 0.15) is 57.9 Å². The number of amides is 1. The quantitative estimate of drug-likeness (QED) is 0.369. The van der Waals surface area contributed by atoms with Gasteiger partial charge >= 0.3 is 0 Å². The summed E-state index contributed by atoms with van der Waals surface area (Å²) in [6.07, 6.45) is 6.94. The van der Waals surface area contributed by atoms with E-state index in [2.05, 4.69) is 15.0 Å². The molecule has 1 atom stereocenters. The molecule has 174 valence electrons. The second kappa shape index (κ2) is 9.77. The van der Waals surface area contributed by atoms with E-state index < -0.39 is 0 Å². The molecule has 5 rings (SSSR count). The van der Waals surface area contributed by atoms with E-state index in [0.29, 0.717) is 23.7 Å². The van der Waals surface area contributed by atoms with Crippen LogP contribution in [-0.2, 0) is 6.42 Å². The third kappa shape index (κ3) is 4.59. The maximum Gasteiger partial charge on any atom is 0.266 e. The molecular formula is C26H26N4O3S. The zero-order chi connectivity index (χ0) is 23.5. The average Bonchev–Trinajstić information content (AvgIpc) is 3.51. The Bertz CT molecular complexity index is 1280. The van der Waals surface area contributed by atoms with E-state index in [1.807, 2.05) is 54.3 Å². The third-order valence-corrected chi connectivity index (χ3v) is 7.18. The highest BCUT2D eigenvalue weighted by Gasteiger charge is 2.34. The van der Waals surface area contributed by atoms with Gasteiger partial charge in [-0.3, -0.25) is 9.78 Å². The van der Waals surface area contributed by atoms with Crippen molar-refractivity contribution >= 4 is 17.2 Å². The van der Waals surface area contributed by atoms with Crippen LogP contribution in [0.2, 0.25) is 0 Å². The van der Waals surface area contributed by atoms with Crippen molar-refractivity contribution in [1.82, 2.24) is 19.9 Å². The number of rotatable bonds is 6. The van der Waals surface area contributed by atoms with Crippen molar-refractivity contribution in [2.45, 2.75) is 38.6 Å². The highest BCUT2D eigenvalue weighted by Crippen LogP contribution is 2.35. The van der Waals surface area contributed by atoms with Gasteiger partial charge in [-0.25, -0.2) is 9.97 Å². The van der Waals surface area contributed by atoms with E-state index in [0.717, 1.165) is 52.7 Å². The standard InChI is InChI=1S/C26H26N4O3S/c1-17-23(34-25(29-17)21-10-3-5-12-27-21)26(31)30-13-6-4-11-22(30)24-28-16-20(33-24)15-18-8-7-9-19(14-18)32-2/h3,5,7-10,12,14,16,22H,4,6,11,13,15H2,1-2H3/t22-/m0/s1. The summed E-state index contributed by atoms with van der Waals surface area (Å²) in [6, 6.07) is 13.4. The highest BCUT2D eigenvalue weighted by molar-refractivity contribution is 7.17. The van der Waals surface area contributed by atoms with Crippen molar-refractivity contribution in [1.29, 1.82) is 0 Å². The number of oxazole rings is 1. The fraction of sp³-hybridized carbons (Fsp3) is 0.308. The summed E-state index contributed by atoms with van der Waals surface area (Å²) in [6.45, 7) is 2.56. The lowest BCUT2D eigenvalue weighted by Gasteiger charge is -2.33. The predicted molar refractivity (Wildman–Crippen MR) is 130 cm³/mol. The lowest BCUT2D eigenvalue weighted by atomic mass is 10.0. The Kier molecular flexibility index (Phi) is 6.40. The van der Waals surface area contributed by atoms with Gasteiger partial charge in [0.25, 0.3) is 5.91 Å². The molecule has 7 nitrogen and oxygen atoms in total. The molecule has 1 aliphatic heterocycles. The molecule has 0 bridgehead atoms. The second-order valence-electron chi connectivity index (χ2n) is 8.35. The fourth-order valence-electron chi connectivity index (χ4n) is 4.30. The lowest BCUT2D eigenvalue weighted by molar-refractivity contribution is 0.0574. The minimum Gasteiger partial charge on any atom is -0.497 e. The zero-order valence-electron chi connectivity index (χ0n) is 19.2. The molecule has 34 heavy (non-hydrogen) atoms. The molecule has 0 spiro atoms. The maximum atomic E-state index is 13.6. The van der Waals surface area contributed by atoms with E-state index in [-0.39, 0.29) is 11.9 Å².